The van der Waals surface area contributed by atoms with Crippen LogP contribution >= 0.6 is 11.6 Å². The Morgan fingerprint density at radius 2 is 1.71 bits per heavy atom. The lowest BCUT2D eigenvalue weighted by atomic mass is 9.78. The maximum atomic E-state index is 13.1. The molecule has 6 rings (SSSR count). The molecule has 2 fully saturated rings. The van der Waals surface area contributed by atoms with Crippen molar-refractivity contribution in [1.29, 1.82) is 0 Å². The van der Waals surface area contributed by atoms with Gasteiger partial charge in [0.05, 0.1) is 18.2 Å². The molecule has 4 heterocycles. The third-order valence-corrected chi connectivity index (χ3v) is 7.78. The highest BCUT2D eigenvalue weighted by Crippen LogP contribution is 2.45. The summed E-state index contributed by atoms with van der Waals surface area (Å²) in [6.45, 7) is 2.64. The fourth-order valence-electron chi connectivity index (χ4n) is 5.52. The van der Waals surface area contributed by atoms with Gasteiger partial charge in [-0.05, 0) is 55.5 Å². The first-order chi connectivity index (χ1) is 16.9. The molecular formula is C24H25ClF3N7. The van der Waals surface area contributed by atoms with Gasteiger partial charge < -0.3 is 4.90 Å². The number of halogens is 4. The van der Waals surface area contributed by atoms with Crippen LogP contribution in [-0.2, 0) is 13.1 Å². The first kappa shape index (κ1) is 22.7. The maximum absolute atomic E-state index is 13.1. The lowest BCUT2D eigenvalue weighted by Gasteiger charge is -2.43. The molecule has 2 aliphatic heterocycles. The molecule has 1 saturated heterocycles. The number of hydrogen-bond acceptors (Lipinski definition) is 6. The van der Waals surface area contributed by atoms with Crippen molar-refractivity contribution in [1.82, 2.24) is 29.6 Å². The summed E-state index contributed by atoms with van der Waals surface area (Å²) in [6.07, 6.45) is 1.40. The highest BCUT2D eigenvalue weighted by Gasteiger charge is 2.49. The van der Waals surface area contributed by atoms with Crippen molar-refractivity contribution < 1.29 is 13.2 Å². The Balaban J connectivity index is 1.27. The van der Waals surface area contributed by atoms with Crippen LogP contribution < -0.4 is 4.90 Å². The molecule has 184 valence electrons. The number of piperidine rings is 1. The van der Waals surface area contributed by atoms with Crippen molar-refractivity contribution in [3.05, 3.63) is 58.9 Å². The third-order valence-electron chi connectivity index (χ3n) is 7.54. The van der Waals surface area contributed by atoms with Crippen molar-refractivity contribution in [2.24, 2.45) is 5.92 Å². The molecule has 0 radical (unpaired) electrons. The standard InChI is InChI=1S/C24H25ClF3N7/c25-18-2-3-20-16(10-18)13-34(19-11-17(12-19)24(26,27)28)14-21-31-32-22(35(20)21)15-4-8-33(9-5-15)23-29-6-1-7-30-23/h1-3,6-7,10,15,17,19H,4-5,8-9,11-14H2. The number of aromatic nitrogens is 5. The first-order valence-corrected chi connectivity index (χ1v) is 12.3. The molecule has 1 aromatic carbocycles. The predicted octanol–water partition coefficient (Wildman–Crippen LogP) is 4.75. The molecular weight excluding hydrogens is 479 g/mol. The quantitative estimate of drug-likeness (QED) is 0.514. The summed E-state index contributed by atoms with van der Waals surface area (Å²) in [4.78, 5) is 13.0. The molecule has 0 N–H and O–H groups in total. The minimum atomic E-state index is -4.13. The van der Waals surface area contributed by atoms with Crippen LogP contribution in [0, 0.1) is 5.92 Å². The molecule has 11 heteroatoms. The molecule has 1 saturated carbocycles. The molecule has 1 aliphatic carbocycles. The Hall–Kier alpha value is -2.72. The van der Waals surface area contributed by atoms with E-state index in [4.69, 9.17) is 11.6 Å². The van der Waals surface area contributed by atoms with Gasteiger partial charge in [0.25, 0.3) is 0 Å². The normalized spacial score (nSPS) is 23.4. The van der Waals surface area contributed by atoms with Crippen molar-refractivity contribution in [2.45, 2.75) is 56.9 Å². The van der Waals surface area contributed by atoms with Gasteiger partial charge in [-0.15, -0.1) is 10.2 Å². The van der Waals surface area contributed by atoms with Crippen LogP contribution in [0.3, 0.4) is 0 Å². The molecule has 0 spiro atoms. The van der Waals surface area contributed by atoms with Gasteiger partial charge in [-0.1, -0.05) is 11.6 Å². The SMILES string of the molecule is FC(F)(F)C1CC(N2Cc3cc(Cl)ccc3-n3c(nnc3C3CCN(c4ncccn4)CC3)C2)C1. The van der Waals surface area contributed by atoms with Gasteiger partial charge in [0, 0.05) is 49.0 Å². The zero-order valence-electron chi connectivity index (χ0n) is 19.0. The molecule has 0 unspecified atom stereocenters. The van der Waals surface area contributed by atoms with E-state index in [2.05, 4.69) is 34.5 Å². The summed E-state index contributed by atoms with van der Waals surface area (Å²) in [5, 5.41) is 9.74. The number of fused-ring (bicyclic) bond motifs is 3. The third kappa shape index (κ3) is 4.27. The second-order valence-corrected chi connectivity index (χ2v) is 10.1. The molecule has 2 aromatic heterocycles. The van der Waals surface area contributed by atoms with Crippen LogP contribution in [0.15, 0.2) is 36.7 Å². The smallest absolute Gasteiger partial charge is 0.341 e. The Labute approximate surface area is 205 Å². The van der Waals surface area contributed by atoms with E-state index in [1.807, 2.05) is 24.3 Å². The number of benzene rings is 1. The minimum absolute atomic E-state index is 0.125. The van der Waals surface area contributed by atoms with Crippen LogP contribution in [0.25, 0.3) is 5.69 Å². The van der Waals surface area contributed by atoms with Crippen molar-refractivity contribution in [3.63, 3.8) is 0 Å². The van der Waals surface area contributed by atoms with E-state index in [1.165, 1.54) is 0 Å². The van der Waals surface area contributed by atoms with Crippen molar-refractivity contribution in [2.75, 3.05) is 18.0 Å². The number of nitrogens with zero attached hydrogens (tertiary/aromatic N) is 7. The Kier molecular flexibility index (Phi) is 5.68. The minimum Gasteiger partial charge on any atom is -0.341 e. The summed E-state index contributed by atoms with van der Waals surface area (Å²) >= 11 is 6.33. The highest BCUT2D eigenvalue weighted by atomic mass is 35.5. The number of anilines is 1. The van der Waals surface area contributed by atoms with Crippen molar-refractivity contribution in [3.8, 4) is 5.69 Å². The lowest BCUT2D eigenvalue weighted by Crippen LogP contribution is -2.48. The summed E-state index contributed by atoms with van der Waals surface area (Å²) in [5.41, 5.74) is 1.95. The monoisotopic (exact) mass is 503 g/mol. The van der Waals surface area contributed by atoms with Gasteiger partial charge in [-0.25, -0.2) is 9.97 Å². The Morgan fingerprint density at radius 1 is 0.971 bits per heavy atom. The van der Waals surface area contributed by atoms with Gasteiger partial charge in [0.1, 0.15) is 5.82 Å². The molecule has 0 amide bonds. The number of hydrogen-bond donors (Lipinski definition) is 0. The van der Waals surface area contributed by atoms with Gasteiger partial charge in [-0.2, -0.15) is 13.2 Å². The largest absolute Gasteiger partial charge is 0.391 e. The summed E-state index contributed by atoms with van der Waals surface area (Å²) in [5.74, 6) is 1.40. The number of rotatable bonds is 3. The van der Waals surface area contributed by atoms with Crippen LogP contribution in [0.2, 0.25) is 5.02 Å². The average Bonchev–Trinajstić information content (AvgIpc) is 3.14. The fourth-order valence-corrected chi connectivity index (χ4v) is 5.71. The maximum Gasteiger partial charge on any atom is 0.391 e. The Bertz CT molecular complexity index is 1200. The second-order valence-electron chi connectivity index (χ2n) is 9.66. The predicted molar refractivity (Wildman–Crippen MR) is 124 cm³/mol. The molecule has 35 heavy (non-hydrogen) atoms. The van der Waals surface area contributed by atoms with E-state index in [-0.39, 0.29) is 24.8 Å². The van der Waals surface area contributed by atoms with E-state index in [9.17, 15) is 13.2 Å². The van der Waals surface area contributed by atoms with E-state index < -0.39 is 12.1 Å². The van der Waals surface area contributed by atoms with Gasteiger partial charge in [0.2, 0.25) is 5.95 Å². The lowest BCUT2D eigenvalue weighted by molar-refractivity contribution is -0.207. The zero-order valence-corrected chi connectivity index (χ0v) is 19.8. The van der Waals surface area contributed by atoms with Gasteiger partial charge in [-0.3, -0.25) is 9.47 Å². The zero-order chi connectivity index (χ0) is 24.2. The van der Waals surface area contributed by atoms with Gasteiger partial charge >= 0.3 is 6.18 Å². The number of alkyl halides is 3. The Morgan fingerprint density at radius 3 is 2.43 bits per heavy atom. The molecule has 7 nitrogen and oxygen atoms in total. The van der Waals surface area contributed by atoms with Crippen LogP contribution in [0.4, 0.5) is 19.1 Å². The molecule has 0 bridgehead atoms. The van der Waals surface area contributed by atoms with E-state index in [1.54, 1.807) is 12.4 Å². The van der Waals surface area contributed by atoms with E-state index in [0.717, 1.165) is 54.8 Å². The molecule has 0 atom stereocenters. The van der Waals surface area contributed by atoms with Gasteiger partial charge in [0.15, 0.2) is 5.82 Å². The second kappa shape index (κ2) is 8.74. The highest BCUT2D eigenvalue weighted by molar-refractivity contribution is 6.30. The van der Waals surface area contributed by atoms with Crippen LogP contribution in [0.5, 0.6) is 0 Å². The summed E-state index contributed by atoms with van der Waals surface area (Å²) in [7, 11) is 0. The first-order valence-electron chi connectivity index (χ1n) is 11.9. The van der Waals surface area contributed by atoms with E-state index >= 15 is 0 Å². The van der Waals surface area contributed by atoms with Crippen LogP contribution in [0.1, 0.15) is 48.8 Å². The fraction of sp³-hybridized carbons (Fsp3) is 0.500. The van der Waals surface area contributed by atoms with Crippen LogP contribution in [-0.4, -0.2) is 54.9 Å². The summed E-state index contributed by atoms with van der Waals surface area (Å²) < 4.78 is 41.5. The van der Waals surface area contributed by atoms with Crippen molar-refractivity contribution >= 4 is 17.5 Å². The molecule has 3 aromatic rings. The molecule has 3 aliphatic rings. The average molecular weight is 504 g/mol. The van der Waals surface area contributed by atoms with E-state index in [0.29, 0.717) is 18.1 Å². The topological polar surface area (TPSA) is 63.0 Å². The summed E-state index contributed by atoms with van der Waals surface area (Å²) in [6, 6.07) is 7.42.